The zero-order chi connectivity index (χ0) is 26.2. The van der Waals surface area contributed by atoms with Gasteiger partial charge in [0.2, 0.25) is 5.78 Å². The number of aliphatic hydroxyl groups is 2. The third-order valence-corrected chi connectivity index (χ3v) is 9.47. The molecule has 4 rings (SSSR count). The summed E-state index contributed by atoms with van der Waals surface area (Å²) >= 11 is 0. The fraction of sp³-hybridized carbons (Fsp3) is 0.741. The van der Waals surface area contributed by atoms with E-state index in [1.807, 2.05) is 0 Å². The van der Waals surface area contributed by atoms with Crippen molar-refractivity contribution in [3.8, 4) is 0 Å². The van der Waals surface area contributed by atoms with Gasteiger partial charge >= 0.3 is 6.09 Å². The number of fused-ring (bicyclic) bond motifs is 5. The van der Waals surface area contributed by atoms with Crippen LogP contribution in [0, 0.1) is 28.6 Å². The number of amides is 1. The molecular formula is C27H38FNO6. The Morgan fingerprint density at radius 3 is 2.51 bits per heavy atom. The first-order valence-electron chi connectivity index (χ1n) is 12.5. The van der Waals surface area contributed by atoms with E-state index in [4.69, 9.17) is 4.74 Å². The second-order valence-electron chi connectivity index (χ2n) is 12.5. The summed E-state index contributed by atoms with van der Waals surface area (Å²) in [4.78, 5) is 38.4. The van der Waals surface area contributed by atoms with E-state index in [0.29, 0.717) is 24.8 Å². The van der Waals surface area contributed by atoms with Gasteiger partial charge in [-0.2, -0.15) is 0 Å². The first-order chi connectivity index (χ1) is 16.1. The van der Waals surface area contributed by atoms with Gasteiger partial charge in [0, 0.05) is 28.2 Å². The summed E-state index contributed by atoms with van der Waals surface area (Å²) in [6.45, 7) is 9.85. The second-order valence-corrected chi connectivity index (χ2v) is 12.5. The maximum absolute atomic E-state index is 17.3. The average Bonchev–Trinajstić information content (AvgIpc) is 2.95. The smallest absolute Gasteiger partial charge is 0.408 e. The fourth-order valence-electron chi connectivity index (χ4n) is 7.99. The Morgan fingerprint density at radius 1 is 1.26 bits per heavy atom. The topological polar surface area (TPSA) is 113 Å². The predicted molar refractivity (Wildman–Crippen MR) is 127 cm³/mol. The number of aliphatic hydroxyl groups excluding tert-OH is 2. The lowest BCUT2D eigenvalue weighted by atomic mass is 9.44. The van der Waals surface area contributed by atoms with Crippen molar-refractivity contribution in [3.63, 3.8) is 0 Å². The molecule has 0 saturated heterocycles. The second kappa shape index (κ2) is 7.97. The molecule has 0 spiro atoms. The van der Waals surface area contributed by atoms with Crippen LogP contribution in [-0.2, 0) is 14.3 Å². The van der Waals surface area contributed by atoms with Crippen molar-refractivity contribution in [1.82, 2.24) is 5.32 Å². The maximum Gasteiger partial charge on any atom is 0.408 e. The van der Waals surface area contributed by atoms with Crippen LogP contribution in [-0.4, -0.2) is 57.4 Å². The normalized spacial score (nSPS) is 44.6. The third-order valence-electron chi connectivity index (χ3n) is 9.47. The molecule has 4 aliphatic rings. The standard InChI is InChI=1S/C27H38FNO6/c1-15-11-19-18-8-7-16-12-17(31)9-10-24(16,5)26(18,28)20(32)13-25(19,6)27(15,21(33)14-30)35-22(34)29-23(2,3)4/h9-10,12,15,18-20,30,32H,7-8,11,13-14H2,1-6H3,(H,29,34)/t15-,18?,19?,20-,24-,25-,26?,27+/m0/s1. The van der Waals surface area contributed by atoms with Crippen LogP contribution in [0.3, 0.4) is 0 Å². The van der Waals surface area contributed by atoms with E-state index in [9.17, 15) is 24.6 Å². The summed E-state index contributed by atoms with van der Waals surface area (Å²) in [6, 6.07) is 0. The van der Waals surface area contributed by atoms with Crippen LogP contribution < -0.4 is 5.32 Å². The molecule has 8 heteroatoms. The number of carbonyl (C=O) groups is 3. The molecule has 0 bridgehead atoms. The Morgan fingerprint density at radius 2 is 1.91 bits per heavy atom. The van der Waals surface area contributed by atoms with Crippen LogP contribution in [0.15, 0.2) is 23.8 Å². The Bertz CT molecular complexity index is 1020. The molecule has 0 aliphatic heterocycles. The van der Waals surface area contributed by atoms with Gasteiger partial charge in [0.15, 0.2) is 17.1 Å². The minimum absolute atomic E-state index is 0.117. The third kappa shape index (κ3) is 3.39. The Labute approximate surface area is 206 Å². The summed E-state index contributed by atoms with van der Waals surface area (Å²) in [5.74, 6) is -2.32. The number of hydrogen-bond acceptors (Lipinski definition) is 6. The van der Waals surface area contributed by atoms with Crippen LogP contribution >= 0.6 is 0 Å². The van der Waals surface area contributed by atoms with Crippen molar-refractivity contribution in [2.24, 2.45) is 28.6 Å². The van der Waals surface area contributed by atoms with Gasteiger partial charge in [0.25, 0.3) is 0 Å². The molecule has 4 aliphatic carbocycles. The highest BCUT2D eigenvalue weighted by Crippen LogP contribution is 2.71. The number of halogens is 1. The van der Waals surface area contributed by atoms with E-state index in [-0.39, 0.29) is 18.1 Å². The lowest BCUT2D eigenvalue weighted by Gasteiger charge is -2.62. The first-order valence-corrected chi connectivity index (χ1v) is 12.5. The number of Topliss-reactive ketones (excluding diaryl/α,β-unsaturated/α-hetero) is 1. The minimum Gasteiger partial charge on any atom is -0.434 e. The van der Waals surface area contributed by atoms with Crippen molar-refractivity contribution < 1.29 is 33.7 Å². The van der Waals surface area contributed by atoms with Crippen LogP contribution in [0.5, 0.6) is 0 Å². The van der Waals surface area contributed by atoms with Crippen molar-refractivity contribution in [2.75, 3.05) is 6.61 Å². The quantitative estimate of drug-likeness (QED) is 0.558. The average molecular weight is 492 g/mol. The van der Waals surface area contributed by atoms with Crippen molar-refractivity contribution >= 4 is 17.7 Å². The van der Waals surface area contributed by atoms with Crippen molar-refractivity contribution in [1.29, 1.82) is 0 Å². The van der Waals surface area contributed by atoms with Gasteiger partial charge in [0.1, 0.15) is 6.61 Å². The molecule has 7 nitrogen and oxygen atoms in total. The minimum atomic E-state index is -2.05. The largest absolute Gasteiger partial charge is 0.434 e. The summed E-state index contributed by atoms with van der Waals surface area (Å²) in [5, 5.41) is 24.2. The van der Waals surface area contributed by atoms with Gasteiger partial charge in [-0.3, -0.25) is 9.59 Å². The van der Waals surface area contributed by atoms with Gasteiger partial charge in [-0.05, 0) is 71.4 Å². The van der Waals surface area contributed by atoms with E-state index < -0.39 is 64.1 Å². The van der Waals surface area contributed by atoms with Crippen LogP contribution in [0.25, 0.3) is 0 Å². The fourth-order valence-corrected chi connectivity index (χ4v) is 7.99. The van der Waals surface area contributed by atoms with Gasteiger partial charge in [-0.1, -0.05) is 25.5 Å². The molecule has 8 atom stereocenters. The molecule has 0 aromatic heterocycles. The van der Waals surface area contributed by atoms with Gasteiger partial charge in [0.05, 0.1) is 6.10 Å². The highest BCUT2D eigenvalue weighted by Gasteiger charge is 2.77. The highest BCUT2D eigenvalue weighted by molar-refractivity contribution is 6.01. The molecule has 0 aromatic rings. The van der Waals surface area contributed by atoms with Crippen LogP contribution in [0.1, 0.15) is 67.2 Å². The van der Waals surface area contributed by atoms with Crippen LogP contribution in [0.2, 0.25) is 0 Å². The zero-order valence-electron chi connectivity index (χ0n) is 21.5. The number of allylic oxidation sites excluding steroid dienone is 4. The van der Waals surface area contributed by atoms with E-state index in [1.54, 1.807) is 47.6 Å². The number of rotatable bonds is 3. The Kier molecular flexibility index (Phi) is 5.92. The molecule has 3 fully saturated rings. The number of nitrogens with one attached hydrogen (secondary N) is 1. The van der Waals surface area contributed by atoms with E-state index in [0.717, 1.165) is 0 Å². The van der Waals surface area contributed by atoms with Crippen LogP contribution in [0.4, 0.5) is 9.18 Å². The molecule has 0 aromatic carbocycles. The summed E-state index contributed by atoms with van der Waals surface area (Å²) in [7, 11) is 0. The summed E-state index contributed by atoms with van der Waals surface area (Å²) in [6.07, 6.45) is 3.38. The zero-order valence-corrected chi connectivity index (χ0v) is 21.5. The lowest BCUT2D eigenvalue weighted by Crippen LogP contribution is -2.70. The molecule has 1 amide bonds. The number of alkyl halides is 1. The lowest BCUT2D eigenvalue weighted by molar-refractivity contribution is -0.219. The molecule has 3 saturated carbocycles. The van der Waals surface area contributed by atoms with E-state index >= 15 is 4.39 Å². The Hall–Kier alpha value is -2.06. The molecule has 194 valence electrons. The van der Waals surface area contributed by atoms with Gasteiger partial charge in [-0.15, -0.1) is 0 Å². The Balaban J connectivity index is 1.81. The highest BCUT2D eigenvalue weighted by atomic mass is 19.1. The van der Waals surface area contributed by atoms with Gasteiger partial charge < -0.3 is 20.3 Å². The molecular weight excluding hydrogens is 453 g/mol. The molecule has 3 unspecified atom stereocenters. The van der Waals surface area contributed by atoms with Gasteiger partial charge in [-0.25, -0.2) is 9.18 Å². The van der Waals surface area contributed by atoms with Crippen molar-refractivity contribution in [2.45, 2.75) is 90.1 Å². The first kappa shape index (κ1) is 26.0. The van der Waals surface area contributed by atoms with Crippen molar-refractivity contribution in [3.05, 3.63) is 23.8 Å². The summed E-state index contributed by atoms with van der Waals surface area (Å²) < 4.78 is 23.3. The van der Waals surface area contributed by atoms with E-state index in [2.05, 4.69) is 5.32 Å². The van der Waals surface area contributed by atoms with E-state index in [1.165, 1.54) is 12.2 Å². The number of alkyl carbamates (subject to hydrolysis) is 1. The summed E-state index contributed by atoms with van der Waals surface area (Å²) in [5.41, 5.74) is -5.94. The monoisotopic (exact) mass is 491 g/mol. The maximum atomic E-state index is 17.3. The molecule has 3 N–H and O–H groups in total. The predicted octanol–water partition coefficient (Wildman–Crippen LogP) is 3.43. The number of ketones is 2. The molecule has 0 heterocycles. The number of carbonyl (C=O) groups excluding carboxylic acids is 3. The number of hydrogen-bond donors (Lipinski definition) is 3. The SMILES string of the molecule is C[C@H]1CC2C3CCC4=CC(=O)C=C[C@]4(C)C3(F)[C@@H](O)C[C@]2(C)[C@]1(OC(=O)NC(C)(C)C)C(=O)CO. The molecule has 35 heavy (non-hydrogen) atoms. The molecule has 0 radical (unpaired) electrons. The number of ether oxygens (including phenoxy) is 1.